The van der Waals surface area contributed by atoms with Gasteiger partial charge in [0.05, 0.1) is 8.49 Å². The third kappa shape index (κ3) is 2.28. The van der Waals surface area contributed by atoms with Crippen molar-refractivity contribution in [1.29, 1.82) is 0 Å². The molecule has 0 aromatic heterocycles. The molecule has 0 spiro atoms. The summed E-state index contributed by atoms with van der Waals surface area (Å²) in [6, 6.07) is 5.64. The molecule has 5 heteroatoms. The summed E-state index contributed by atoms with van der Waals surface area (Å²) >= 11 is 2.00. The molecule has 16 heavy (non-hydrogen) atoms. The van der Waals surface area contributed by atoms with E-state index >= 15 is 0 Å². The fraction of sp³-hybridized carbons (Fsp3) is 0.455. The average Bonchev–Trinajstić information content (AvgIpc) is 2.72. The summed E-state index contributed by atoms with van der Waals surface area (Å²) in [6.07, 6.45) is 1.15. The highest BCUT2D eigenvalue weighted by molar-refractivity contribution is 14.1. The van der Waals surface area contributed by atoms with Crippen LogP contribution in [0.5, 0.6) is 0 Å². The molecule has 0 aliphatic heterocycles. The van der Waals surface area contributed by atoms with Crippen LogP contribution >= 0.6 is 22.6 Å². The van der Waals surface area contributed by atoms with Gasteiger partial charge in [-0.2, -0.15) is 0 Å². The number of nitrogens with one attached hydrogen (secondary N) is 1. The Morgan fingerprint density at radius 2 is 2.19 bits per heavy atom. The van der Waals surface area contributed by atoms with Crippen molar-refractivity contribution < 1.29 is 4.92 Å². The topological polar surface area (TPSA) is 55.2 Å². The summed E-state index contributed by atoms with van der Waals surface area (Å²) < 4.78 is 0.672. The van der Waals surface area contributed by atoms with Gasteiger partial charge < -0.3 is 5.32 Å². The maximum atomic E-state index is 10.7. The lowest BCUT2D eigenvalue weighted by molar-refractivity contribution is -0.385. The third-order valence-electron chi connectivity index (χ3n) is 3.00. The Kier molecular flexibility index (Phi) is 2.81. The standard InChI is InChI=1S/C11H13IN2O2/c1-11(2)6-10(11)13-7-3-4-9(14(15)16)8(12)5-7/h3-5,10,13H,6H2,1-2H3. The quantitative estimate of drug-likeness (QED) is 0.524. The third-order valence-corrected chi connectivity index (χ3v) is 3.86. The summed E-state index contributed by atoms with van der Waals surface area (Å²) in [7, 11) is 0. The minimum atomic E-state index is -0.355. The van der Waals surface area contributed by atoms with Gasteiger partial charge in [-0.25, -0.2) is 0 Å². The second-order valence-electron chi connectivity index (χ2n) is 4.81. The zero-order valence-corrected chi connectivity index (χ0v) is 11.3. The molecule has 0 amide bonds. The van der Waals surface area contributed by atoms with E-state index in [0.717, 1.165) is 12.1 Å². The first-order valence-electron chi connectivity index (χ1n) is 5.10. The number of hydrogen-bond acceptors (Lipinski definition) is 3. The van der Waals surface area contributed by atoms with Gasteiger partial charge in [0, 0.05) is 17.8 Å². The molecule has 1 aromatic carbocycles. The predicted octanol–water partition coefficient (Wildman–Crippen LogP) is 3.41. The fourth-order valence-corrected chi connectivity index (χ4v) is 2.37. The average molecular weight is 332 g/mol. The van der Waals surface area contributed by atoms with Crippen molar-refractivity contribution in [3.63, 3.8) is 0 Å². The first-order valence-corrected chi connectivity index (χ1v) is 6.18. The Morgan fingerprint density at radius 1 is 1.56 bits per heavy atom. The van der Waals surface area contributed by atoms with E-state index in [1.54, 1.807) is 12.1 Å². The number of benzene rings is 1. The Balaban J connectivity index is 2.13. The van der Waals surface area contributed by atoms with Gasteiger partial charge in [0.25, 0.3) is 5.69 Å². The summed E-state index contributed by atoms with van der Waals surface area (Å²) in [6.45, 7) is 4.42. The van der Waals surface area contributed by atoms with Gasteiger partial charge in [0.15, 0.2) is 0 Å². The molecular formula is C11H13IN2O2. The first-order chi connectivity index (χ1) is 7.40. The second-order valence-corrected chi connectivity index (χ2v) is 5.98. The maximum absolute atomic E-state index is 10.7. The molecule has 2 rings (SSSR count). The van der Waals surface area contributed by atoms with Crippen LogP contribution in [0.4, 0.5) is 11.4 Å². The van der Waals surface area contributed by atoms with Crippen molar-refractivity contribution in [3.8, 4) is 0 Å². The number of nitro groups is 1. The highest BCUT2D eigenvalue weighted by atomic mass is 127. The van der Waals surface area contributed by atoms with Gasteiger partial charge >= 0.3 is 0 Å². The molecule has 1 aliphatic rings. The molecule has 0 saturated heterocycles. The van der Waals surface area contributed by atoms with Gasteiger partial charge in [0.1, 0.15) is 0 Å². The lowest BCUT2D eigenvalue weighted by Gasteiger charge is -2.08. The number of rotatable bonds is 3. The molecule has 1 fully saturated rings. The van der Waals surface area contributed by atoms with Gasteiger partial charge in [-0.15, -0.1) is 0 Å². The molecule has 1 N–H and O–H groups in total. The van der Waals surface area contributed by atoms with E-state index in [1.807, 2.05) is 28.7 Å². The minimum absolute atomic E-state index is 0.168. The summed E-state index contributed by atoms with van der Waals surface area (Å²) in [5, 5.41) is 14.0. The zero-order valence-electron chi connectivity index (χ0n) is 9.16. The van der Waals surface area contributed by atoms with E-state index in [2.05, 4.69) is 19.2 Å². The summed E-state index contributed by atoms with van der Waals surface area (Å²) in [5.74, 6) is 0. The Hall–Kier alpha value is -0.850. The van der Waals surface area contributed by atoms with E-state index in [9.17, 15) is 10.1 Å². The van der Waals surface area contributed by atoms with Crippen molar-refractivity contribution in [3.05, 3.63) is 31.9 Å². The van der Waals surface area contributed by atoms with Crippen molar-refractivity contribution in [2.75, 3.05) is 5.32 Å². The monoisotopic (exact) mass is 332 g/mol. The Labute approximate surface area is 108 Å². The van der Waals surface area contributed by atoms with E-state index in [4.69, 9.17) is 0 Å². The minimum Gasteiger partial charge on any atom is -0.382 e. The predicted molar refractivity (Wildman–Crippen MR) is 71.6 cm³/mol. The number of anilines is 1. The number of nitrogens with zero attached hydrogens (tertiary/aromatic N) is 1. The van der Waals surface area contributed by atoms with Crippen LogP contribution in [0.25, 0.3) is 0 Å². The smallest absolute Gasteiger partial charge is 0.282 e. The van der Waals surface area contributed by atoms with Crippen molar-refractivity contribution >= 4 is 34.0 Å². The molecule has 86 valence electrons. The zero-order chi connectivity index (χ0) is 11.9. The van der Waals surface area contributed by atoms with Crippen molar-refractivity contribution in [2.45, 2.75) is 26.3 Å². The highest BCUT2D eigenvalue weighted by Gasteiger charge is 2.45. The largest absolute Gasteiger partial charge is 0.382 e. The molecule has 1 unspecified atom stereocenters. The molecule has 0 radical (unpaired) electrons. The van der Waals surface area contributed by atoms with Gasteiger partial charge in [-0.1, -0.05) is 13.8 Å². The Morgan fingerprint density at radius 3 is 2.62 bits per heavy atom. The molecular weight excluding hydrogens is 319 g/mol. The van der Waals surface area contributed by atoms with Crippen LogP contribution in [0.1, 0.15) is 20.3 Å². The Bertz CT molecular complexity index is 446. The van der Waals surface area contributed by atoms with Crippen molar-refractivity contribution in [1.82, 2.24) is 0 Å². The van der Waals surface area contributed by atoms with E-state index in [-0.39, 0.29) is 10.6 Å². The molecule has 0 bridgehead atoms. The van der Waals surface area contributed by atoms with Crippen LogP contribution in [-0.4, -0.2) is 11.0 Å². The number of hydrogen-bond donors (Lipinski definition) is 1. The maximum Gasteiger partial charge on any atom is 0.282 e. The molecule has 4 nitrogen and oxygen atoms in total. The molecule has 1 atom stereocenters. The van der Waals surface area contributed by atoms with Crippen LogP contribution in [0.2, 0.25) is 0 Å². The van der Waals surface area contributed by atoms with E-state index in [1.165, 1.54) is 0 Å². The second kappa shape index (κ2) is 3.87. The van der Waals surface area contributed by atoms with Crippen LogP contribution in [0, 0.1) is 19.1 Å². The van der Waals surface area contributed by atoms with Crippen LogP contribution in [0.15, 0.2) is 18.2 Å². The normalized spacial score (nSPS) is 21.6. The first kappa shape index (κ1) is 11.6. The number of nitro benzene ring substituents is 1. The van der Waals surface area contributed by atoms with E-state index in [0.29, 0.717) is 15.0 Å². The molecule has 1 aromatic rings. The van der Waals surface area contributed by atoms with Gasteiger partial charge in [0.2, 0.25) is 0 Å². The van der Waals surface area contributed by atoms with Crippen LogP contribution < -0.4 is 5.32 Å². The van der Waals surface area contributed by atoms with Gasteiger partial charge in [-0.05, 0) is 46.6 Å². The van der Waals surface area contributed by atoms with E-state index < -0.39 is 0 Å². The summed E-state index contributed by atoms with van der Waals surface area (Å²) in [5.41, 5.74) is 1.49. The molecule has 1 aliphatic carbocycles. The summed E-state index contributed by atoms with van der Waals surface area (Å²) in [4.78, 5) is 10.3. The highest BCUT2D eigenvalue weighted by Crippen LogP contribution is 2.46. The lowest BCUT2D eigenvalue weighted by atomic mass is 10.2. The van der Waals surface area contributed by atoms with Crippen LogP contribution in [-0.2, 0) is 0 Å². The molecule has 1 saturated carbocycles. The molecule has 0 heterocycles. The SMILES string of the molecule is CC1(C)CC1Nc1ccc([N+](=O)[O-])c(I)c1. The lowest BCUT2D eigenvalue weighted by Crippen LogP contribution is -2.08. The van der Waals surface area contributed by atoms with Gasteiger partial charge in [-0.3, -0.25) is 10.1 Å². The number of halogens is 1. The van der Waals surface area contributed by atoms with Crippen molar-refractivity contribution in [2.24, 2.45) is 5.41 Å². The van der Waals surface area contributed by atoms with Crippen LogP contribution in [0.3, 0.4) is 0 Å². The fourth-order valence-electron chi connectivity index (χ4n) is 1.66.